The maximum atomic E-state index is 11.5. The number of hydrogen-bond donors (Lipinski definition) is 2. The molecule has 0 aromatic heterocycles. The smallest absolute Gasteiger partial charge is 0.408 e. The first-order valence-corrected chi connectivity index (χ1v) is 6.84. The molecular weight excluding hydrogens is 246 g/mol. The molecular formula is C14H27NO4. The van der Waals surface area contributed by atoms with Crippen LogP contribution in [0, 0.1) is 5.92 Å². The second-order valence-electron chi connectivity index (χ2n) is 6.22. The molecule has 0 spiro atoms. The van der Waals surface area contributed by atoms with Crippen LogP contribution in [0.15, 0.2) is 0 Å². The fraction of sp³-hybridized carbons (Fsp3) is 0.857. The Morgan fingerprint density at radius 2 is 1.68 bits per heavy atom. The molecule has 0 aliphatic rings. The highest BCUT2D eigenvalue weighted by Crippen LogP contribution is 2.11. The molecule has 5 nitrogen and oxygen atoms in total. The van der Waals surface area contributed by atoms with Gasteiger partial charge in [-0.3, -0.25) is 0 Å². The fourth-order valence-corrected chi connectivity index (χ4v) is 1.61. The summed E-state index contributed by atoms with van der Waals surface area (Å²) in [6.45, 7) is 9.49. The highest BCUT2D eigenvalue weighted by molar-refractivity contribution is 5.79. The zero-order valence-corrected chi connectivity index (χ0v) is 12.7. The molecule has 0 radical (unpaired) electrons. The SMILES string of the molecule is CC(C)CCCC[C@@H](NC(=O)OC(C)(C)C)C(=O)O. The Labute approximate surface area is 115 Å². The molecule has 112 valence electrons. The van der Waals surface area contributed by atoms with Gasteiger partial charge >= 0.3 is 12.1 Å². The van der Waals surface area contributed by atoms with Crippen LogP contribution in [0.5, 0.6) is 0 Å². The van der Waals surface area contributed by atoms with Gasteiger partial charge in [-0.05, 0) is 33.1 Å². The molecule has 0 saturated carbocycles. The molecule has 0 aromatic rings. The molecule has 0 saturated heterocycles. The van der Waals surface area contributed by atoms with Crippen LogP contribution in [0.2, 0.25) is 0 Å². The van der Waals surface area contributed by atoms with E-state index < -0.39 is 23.7 Å². The van der Waals surface area contributed by atoms with Crippen LogP contribution in [-0.2, 0) is 9.53 Å². The highest BCUT2D eigenvalue weighted by Gasteiger charge is 2.23. The summed E-state index contributed by atoms with van der Waals surface area (Å²) in [5.74, 6) is -0.405. The first-order valence-electron chi connectivity index (χ1n) is 6.84. The zero-order valence-electron chi connectivity index (χ0n) is 12.7. The molecule has 1 amide bonds. The van der Waals surface area contributed by atoms with E-state index >= 15 is 0 Å². The number of carboxylic acid groups (broad SMARTS) is 1. The summed E-state index contributed by atoms with van der Waals surface area (Å²) in [4.78, 5) is 22.6. The predicted molar refractivity (Wildman–Crippen MR) is 74.1 cm³/mol. The third kappa shape index (κ3) is 10.4. The Morgan fingerprint density at radius 1 is 1.16 bits per heavy atom. The van der Waals surface area contributed by atoms with E-state index in [-0.39, 0.29) is 0 Å². The van der Waals surface area contributed by atoms with Gasteiger partial charge in [0.2, 0.25) is 0 Å². The lowest BCUT2D eigenvalue weighted by Gasteiger charge is -2.22. The van der Waals surface area contributed by atoms with Crippen molar-refractivity contribution in [1.29, 1.82) is 0 Å². The minimum absolute atomic E-state index is 0.432. The van der Waals surface area contributed by atoms with Gasteiger partial charge in [-0.2, -0.15) is 0 Å². The van der Waals surface area contributed by atoms with Crippen molar-refractivity contribution in [3.05, 3.63) is 0 Å². The molecule has 0 aromatic carbocycles. The second-order valence-corrected chi connectivity index (χ2v) is 6.22. The van der Waals surface area contributed by atoms with Crippen LogP contribution in [0.1, 0.15) is 60.3 Å². The Bertz CT molecular complexity index is 294. The van der Waals surface area contributed by atoms with Crippen LogP contribution >= 0.6 is 0 Å². The van der Waals surface area contributed by atoms with Crippen molar-refractivity contribution >= 4 is 12.1 Å². The van der Waals surface area contributed by atoms with Gasteiger partial charge in [0, 0.05) is 0 Å². The van der Waals surface area contributed by atoms with Gasteiger partial charge < -0.3 is 15.2 Å². The minimum atomic E-state index is -1.02. The van der Waals surface area contributed by atoms with Crippen molar-refractivity contribution in [2.24, 2.45) is 5.92 Å². The molecule has 1 atom stereocenters. The van der Waals surface area contributed by atoms with E-state index in [1.807, 2.05) is 0 Å². The van der Waals surface area contributed by atoms with Gasteiger partial charge in [-0.1, -0.05) is 33.1 Å². The summed E-state index contributed by atoms with van der Waals surface area (Å²) in [7, 11) is 0. The molecule has 5 heteroatoms. The molecule has 0 bridgehead atoms. The lowest BCUT2D eigenvalue weighted by Crippen LogP contribution is -2.43. The number of hydrogen-bond acceptors (Lipinski definition) is 3. The number of nitrogens with one attached hydrogen (secondary N) is 1. The Morgan fingerprint density at radius 3 is 2.11 bits per heavy atom. The Kier molecular flexibility index (Phi) is 7.49. The number of carbonyl (C=O) groups is 2. The normalized spacial score (nSPS) is 13.2. The molecule has 19 heavy (non-hydrogen) atoms. The summed E-state index contributed by atoms with van der Waals surface area (Å²) >= 11 is 0. The number of carboxylic acids is 1. The number of aliphatic carboxylic acids is 1. The number of rotatable bonds is 7. The largest absolute Gasteiger partial charge is 0.480 e. The number of unbranched alkanes of at least 4 members (excludes halogenated alkanes) is 1. The fourth-order valence-electron chi connectivity index (χ4n) is 1.61. The number of carbonyl (C=O) groups excluding carboxylic acids is 1. The average Bonchev–Trinajstić information content (AvgIpc) is 2.19. The summed E-state index contributed by atoms with van der Waals surface area (Å²) in [5.41, 5.74) is -0.620. The molecule has 0 unspecified atom stereocenters. The summed E-state index contributed by atoms with van der Waals surface area (Å²) < 4.78 is 5.05. The Balaban J connectivity index is 4.12. The maximum Gasteiger partial charge on any atom is 0.408 e. The monoisotopic (exact) mass is 273 g/mol. The Hall–Kier alpha value is -1.26. The van der Waals surface area contributed by atoms with E-state index in [4.69, 9.17) is 9.84 Å². The van der Waals surface area contributed by atoms with Gasteiger partial charge in [0.1, 0.15) is 11.6 Å². The average molecular weight is 273 g/mol. The first kappa shape index (κ1) is 17.7. The molecule has 0 fully saturated rings. The van der Waals surface area contributed by atoms with Crippen LogP contribution in [0.3, 0.4) is 0 Å². The van der Waals surface area contributed by atoms with Crippen molar-refractivity contribution in [1.82, 2.24) is 5.32 Å². The molecule has 0 heterocycles. The minimum Gasteiger partial charge on any atom is -0.480 e. The molecule has 0 rings (SSSR count). The van der Waals surface area contributed by atoms with Crippen LogP contribution < -0.4 is 5.32 Å². The maximum absolute atomic E-state index is 11.5. The molecule has 0 aliphatic carbocycles. The van der Waals surface area contributed by atoms with E-state index in [1.165, 1.54) is 0 Å². The van der Waals surface area contributed by atoms with E-state index in [1.54, 1.807) is 20.8 Å². The third-order valence-corrected chi connectivity index (χ3v) is 2.51. The van der Waals surface area contributed by atoms with Crippen molar-refractivity contribution in [3.63, 3.8) is 0 Å². The third-order valence-electron chi connectivity index (χ3n) is 2.51. The van der Waals surface area contributed by atoms with Crippen LogP contribution in [0.25, 0.3) is 0 Å². The van der Waals surface area contributed by atoms with E-state index in [2.05, 4.69) is 19.2 Å². The lowest BCUT2D eigenvalue weighted by atomic mass is 10.0. The summed E-state index contributed by atoms with van der Waals surface area (Å²) in [6.07, 6.45) is 2.58. The van der Waals surface area contributed by atoms with Crippen molar-refractivity contribution in [2.75, 3.05) is 0 Å². The van der Waals surface area contributed by atoms with Gasteiger partial charge in [0.15, 0.2) is 0 Å². The highest BCUT2D eigenvalue weighted by atomic mass is 16.6. The molecule has 0 aliphatic heterocycles. The second kappa shape index (κ2) is 8.02. The standard InChI is InChI=1S/C14H27NO4/c1-10(2)8-6-7-9-11(12(16)17)15-13(18)19-14(3,4)5/h10-11H,6-9H2,1-5H3,(H,15,18)(H,16,17)/t11-/m1/s1. The van der Waals surface area contributed by atoms with Crippen LogP contribution in [0.4, 0.5) is 4.79 Å². The lowest BCUT2D eigenvalue weighted by molar-refractivity contribution is -0.139. The number of ether oxygens (including phenoxy) is 1. The first-order chi connectivity index (χ1) is 8.61. The van der Waals surface area contributed by atoms with E-state index in [0.29, 0.717) is 12.3 Å². The zero-order chi connectivity index (χ0) is 15.1. The molecule has 2 N–H and O–H groups in total. The van der Waals surface area contributed by atoms with Crippen molar-refractivity contribution < 1.29 is 19.4 Å². The number of alkyl carbamates (subject to hydrolysis) is 1. The van der Waals surface area contributed by atoms with E-state index in [9.17, 15) is 9.59 Å². The topological polar surface area (TPSA) is 75.6 Å². The van der Waals surface area contributed by atoms with Gasteiger partial charge in [0.25, 0.3) is 0 Å². The summed E-state index contributed by atoms with van der Waals surface area (Å²) in [5, 5.41) is 11.5. The summed E-state index contributed by atoms with van der Waals surface area (Å²) in [6, 6.07) is -0.873. The van der Waals surface area contributed by atoms with Crippen molar-refractivity contribution in [2.45, 2.75) is 71.9 Å². The quantitative estimate of drug-likeness (QED) is 0.698. The van der Waals surface area contributed by atoms with Gasteiger partial charge in [-0.25, -0.2) is 9.59 Å². The van der Waals surface area contributed by atoms with Gasteiger partial charge in [-0.15, -0.1) is 0 Å². The van der Waals surface area contributed by atoms with E-state index in [0.717, 1.165) is 19.3 Å². The number of amides is 1. The van der Waals surface area contributed by atoms with Crippen molar-refractivity contribution in [3.8, 4) is 0 Å². The van der Waals surface area contributed by atoms with Crippen LogP contribution in [-0.4, -0.2) is 28.8 Å². The van der Waals surface area contributed by atoms with Gasteiger partial charge in [0.05, 0.1) is 0 Å². The predicted octanol–water partition coefficient (Wildman–Crippen LogP) is 3.18.